The zero-order valence-electron chi connectivity index (χ0n) is 23.1. The van der Waals surface area contributed by atoms with Crippen LogP contribution >= 0.6 is 0 Å². The highest BCUT2D eigenvalue weighted by molar-refractivity contribution is 5.88. The molecule has 1 amide bonds. The third kappa shape index (κ3) is 8.37. The average molecular weight is 557 g/mol. The summed E-state index contributed by atoms with van der Waals surface area (Å²) in [6, 6.07) is 9.41. The fraction of sp³-hybridized carbons (Fsp3) is 0.267. The minimum absolute atomic E-state index is 0.360. The number of anilines is 4. The second-order valence-corrected chi connectivity index (χ2v) is 9.58. The summed E-state index contributed by atoms with van der Waals surface area (Å²) in [7, 11) is 1.60. The van der Waals surface area contributed by atoms with Crippen molar-refractivity contribution in [2.24, 2.45) is 11.8 Å². The summed E-state index contributed by atoms with van der Waals surface area (Å²) in [6.45, 7) is 11.8. The van der Waals surface area contributed by atoms with Crippen molar-refractivity contribution >= 4 is 35.1 Å². The summed E-state index contributed by atoms with van der Waals surface area (Å²) in [5.74, 6) is 2.43. The van der Waals surface area contributed by atoms with E-state index in [-0.39, 0.29) is 5.91 Å². The lowest BCUT2D eigenvalue weighted by Crippen LogP contribution is -2.24. The van der Waals surface area contributed by atoms with Crippen LogP contribution in [0.3, 0.4) is 0 Å². The van der Waals surface area contributed by atoms with Gasteiger partial charge in [-0.05, 0) is 36.4 Å². The average Bonchev–Trinajstić information content (AvgIpc) is 3.57. The molecule has 214 valence electrons. The molecule has 4 rings (SSSR count). The first-order chi connectivity index (χ1) is 20.0. The lowest BCUT2D eigenvalue weighted by atomic mass is 10.0. The molecule has 5 N–H and O–H groups in total. The molecule has 0 spiro atoms. The molecule has 3 heterocycles. The molecule has 2 aromatic rings. The number of hydrogen-bond donors (Lipinski definition) is 5. The number of nitrogens with one attached hydrogen (secondary N) is 5. The lowest BCUT2D eigenvalue weighted by Gasteiger charge is -2.18. The van der Waals surface area contributed by atoms with Crippen LogP contribution in [-0.2, 0) is 14.3 Å². The van der Waals surface area contributed by atoms with Crippen LogP contribution < -0.4 is 21.3 Å². The van der Waals surface area contributed by atoms with Gasteiger partial charge >= 0.3 is 0 Å². The van der Waals surface area contributed by atoms with Gasteiger partial charge in [0.05, 0.1) is 37.4 Å². The van der Waals surface area contributed by atoms with E-state index in [2.05, 4.69) is 49.3 Å². The Kier molecular flexibility index (Phi) is 10.4. The third-order valence-corrected chi connectivity index (χ3v) is 6.67. The molecule has 0 saturated carbocycles. The van der Waals surface area contributed by atoms with E-state index in [1.165, 1.54) is 18.6 Å². The third-order valence-electron chi connectivity index (χ3n) is 6.67. The van der Waals surface area contributed by atoms with Crippen molar-refractivity contribution in [2.45, 2.75) is 0 Å². The van der Waals surface area contributed by atoms with Gasteiger partial charge in [-0.1, -0.05) is 25.3 Å². The van der Waals surface area contributed by atoms with Gasteiger partial charge in [-0.15, -0.1) is 0 Å². The Morgan fingerprint density at radius 2 is 1.93 bits per heavy atom. The molecular weight excluding hydrogens is 520 g/mol. The van der Waals surface area contributed by atoms with Crippen LogP contribution in [0.5, 0.6) is 0 Å². The minimum atomic E-state index is -0.365. The maximum Gasteiger partial charge on any atom is 0.247 e. The molecule has 2 aliphatic heterocycles. The Labute approximate surface area is 240 Å². The molecule has 11 nitrogen and oxygen atoms in total. The molecule has 2 unspecified atom stereocenters. The number of fused-ring (bicyclic) bond motifs is 1. The van der Waals surface area contributed by atoms with Crippen molar-refractivity contribution in [1.29, 1.82) is 5.41 Å². The first kappa shape index (κ1) is 29.2. The standard InChI is InChI=1S/C30H36N8O3/c1-4-30(39)35-21(2)14-26(27(40-3)10-13-38-16-22-18-41-19-23(22)17-38)37-29-15-28(33-20-34-29)36-25-9-6-5-8-24(25)32-12-7-11-31/h4-12,14-15,20,22-23,31-32H,1-2,13,16-19H2,3H3,(H,35,39)(H2,33,34,36,37)/b12-7-,26-14+,27-10+,31-11?. The van der Waals surface area contributed by atoms with Crippen LogP contribution in [-0.4, -0.2) is 66.9 Å². The highest BCUT2D eigenvalue weighted by atomic mass is 16.5. The number of hydrogen-bond acceptors (Lipinski definition) is 10. The molecule has 0 bridgehead atoms. The Balaban J connectivity index is 1.54. The number of allylic oxidation sites excluding steroid dienone is 2. The van der Waals surface area contributed by atoms with Gasteiger partial charge in [0.25, 0.3) is 0 Å². The Hall–Kier alpha value is -4.74. The Morgan fingerprint density at radius 3 is 2.63 bits per heavy atom. The molecular formula is C30H36N8O3. The number of aromatic nitrogens is 2. The van der Waals surface area contributed by atoms with E-state index in [0.29, 0.717) is 47.2 Å². The molecule has 2 aliphatic rings. The fourth-order valence-corrected chi connectivity index (χ4v) is 4.71. The molecule has 2 atom stereocenters. The van der Waals surface area contributed by atoms with E-state index in [9.17, 15) is 4.79 Å². The maximum atomic E-state index is 11.9. The summed E-state index contributed by atoms with van der Waals surface area (Å²) in [4.78, 5) is 23.0. The second kappa shape index (κ2) is 14.6. The van der Waals surface area contributed by atoms with E-state index in [1.54, 1.807) is 31.5 Å². The molecule has 0 aliphatic carbocycles. The summed E-state index contributed by atoms with van der Waals surface area (Å²) in [6.07, 6.45) is 10.8. The van der Waals surface area contributed by atoms with Gasteiger partial charge in [0.2, 0.25) is 5.91 Å². The number of nitrogens with zero attached hydrogens (tertiary/aromatic N) is 3. The van der Waals surface area contributed by atoms with Crippen LogP contribution in [0.4, 0.5) is 23.0 Å². The number of benzene rings is 1. The molecule has 2 saturated heterocycles. The smallest absolute Gasteiger partial charge is 0.247 e. The number of amides is 1. The number of ether oxygens (including phenoxy) is 2. The van der Waals surface area contributed by atoms with Crippen molar-refractivity contribution in [1.82, 2.24) is 20.2 Å². The van der Waals surface area contributed by atoms with Crippen LogP contribution in [0.25, 0.3) is 0 Å². The van der Waals surface area contributed by atoms with Gasteiger partial charge in [-0.3, -0.25) is 9.69 Å². The molecule has 11 heteroatoms. The zero-order valence-corrected chi connectivity index (χ0v) is 23.1. The number of para-hydroxylation sites is 2. The Bertz CT molecular complexity index is 1340. The Morgan fingerprint density at radius 1 is 1.20 bits per heavy atom. The van der Waals surface area contributed by atoms with Gasteiger partial charge in [0.1, 0.15) is 23.7 Å². The van der Waals surface area contributed by atoms with Crippen molar-refractivity contribution in [3.8, 4) is 0 Å². The van der Waals surface area contributed by atoms with E-state index in [0.717, 1.165) is 37.7 Å². The van der Waals surface area contributed by atoms with Gasteiger partial charge in [0.15, 0.2) is 0 Å². The van der Waals surface area contributed by atoms with Crippen molar-refractivity contribution in [3.05, 3.63) is 97.5 Å². The zero-order chi connectivity index (χ0) is 29.0. The van der Waals surface area contributed by atoms with Gasteiger partial charge in [-0.2, -0.15) is 0 Å². The van der Waals surface area contributed by atoms with E-state index < -0.39 is 0 Å². The first-order valence-corrected chi connectivity index (χ1v) is 13.2. The quantitative estimate of drug-likeness (QED) is 0.101. The minimum Gasteiger partial charge on any atom is -0.495 e. The SMILES string of the molecule is C=CC(=O)NC(=C)/C=C(Nc1cc(Nc2ccccc2N/C=C\C=N)ncn1)\C(=C/CN1CC2COCC2C1)OC. The number of rotatable bonds is 14. The highest BCUT2D eigenvalue weighted by Gasteiger charge is 2.36. The number of carbonyl (C=O) groups is 1. The van der Waals surface area contributed by atoms with Crippen LogP contribution in [0.15, 0.2) is 97.5 Å². The summed E-state index contributed by atoms with van der Waals surface area (Å²) < 4.78 is 11.4. The number of carbonyl (C=O) groups excluding carboxylic acids is 1. The largest absolute Gasteiger partial charge is 0.495 e. The van der Waals surface area contributed by atoms with Crippen LogP contribution in [0.1, 0.15) is 0 Å². The molecule has 2 fully saturated rings. The molecule has 41 heavy (non-hydrogen) atoms. The van der Waals surface area contributed by atoms with Crippen LogP contribution in [0.2, 0.25) is 0 Å². The van der Waals surface area contributed by atoms with Crippen molar-refractivity contribution in [2.75, 3.05) is 55.9 Å². The normalized spacial score (nSPS) is 19.0. The molecule has 0 radical (unpaired) electrons. The lowest BCUT2D eigenvalue weighted by molar-refractivity contribution is -0.115. The van der Waals surface area contributed by atoms with Crippen molar-refractivity contribution in [3.63, 3.8) is 0 Å². The summed E-state index contributed by atoms with van der Waals surface area (Å²) in [5, 5.41) is 19.6. The van der Waals surface area contributed by atoms with Gasteiger partial charge in [0, 0.05) is 55.6 Å². The molecule has 1 aromatic carbocycles. The monoisotopic (exact) mass is 556 g/mol. The molecule has 1 aromatic heterocycles. The van der Waals surface area contributed by atoms with E-state index in [1.807, 2.05) is 30.3 Å². The predicted octanol–water partition coefficient (Wildman–Crippen LogP) is 4.02. The second-order valence-electron chi connectivity index (χ2n) is 9.58. The van der Waals surface area contributed by atoms with Crippen LogP contribution in [0, 0.1) is 17.2 Å². The van der Waals surface area contributed by atoms with Crippen molar-refractivity contribution < 1.29 is 14.3 Å². The fourth-order valence-electron chi connectivity index (χ4n) is 4.71. The highest BCUT2D eigenvalue weighted by Crippen LogP contribution is 2.29. The van der Waals surface area contributed by atoms with Gasteiger partial charge < -0.3 is 36.2 Å². The van der Waals surface area contributed by atoms with E-state index in [4.69, 9.17) is 14.9 Å². The first-order valence-electron chi connectivity index (χ1n) is 13.2. The number of likely N-dealkylation sites (tertiary alicyclic amines) is 1. The summed E-state index contributed by atoms with van der Waals surface area (Å²) >= 11 is 0. The van der Waals surface area contributed by atoms with Gasteiger partial charge in [-0.25, -0.2) is 9.97 Å². The number of methoxy groups -OCH3 is 1. The topological polar surface area (TPSA) is 137 Å². The van der Waals surface area contributed by atoms with E-state index >= 15 is 0 Å². The predicted molar refractivity (Wildman–Crippen MR) is 162 cm³/mol. The maximum absolute atomic E-state index is 11.9. The summed E-state index contributed by atoms with van der Waals surface area (Å²) in [5.41, 5.74) is 2.53.